The Bertz CT molecular complexity index is 742. The first-order valence-electron chi connectivity index (χ1n) is 6.90. The van der Waals surface area contributed by atoms with Crippen LogP contribution in [-0.4, -0.2) is 32.8 Å². The number of furan rings is 1. The van der Waals surface area contributed by atoms with Gasteiger partial charge in [-0.3, -0.25) is 4.79 Å². The second-order valence-electron chi connectivity index (χ2n) is 4.93. The molecule has 1 amide bonds. The summed E-state index contributed by atoms with van der Waals surface area (Å²) in [6.45, 7) is 0.275. The lowest BCUT2D eigenvalue weighted by Gasteiger charge is -2.15. The summed E-state index contributed by atoms with van der Waals surface area (Å²) in [6, 6.07) is 7.95. The topological polar surface area (TPSA) is 79.6 Å². The molecule has 0 aliphatic rings. The number of benzene rings is 1. The first-order valence-corrected chi connectivity index (χ1v) is 8.38. The van der Waals surface area contributed by atoms with Crippen LogP contribution >= 0.6 is 0 Å². The van der Waals surface area contributed by atoms with Crippen molar-refractivity contribution in [3.05, 3.63) is 54.2 Å². The number of hydrogen-bond donors (Lipinski definition) is 1. The molecule has 2 rings (SSSR count). The van der Waals surface area contributed by atoms with Crippen molar-refractivity contribution in [1.82, 2.24) is 9.62 Å². The van der Waals surface area contributed by atoms with Gasteiger partial charge in [0, 0.05) is 20.0 Å². The number of hydrogen-bond acceptors (Lipinski definition) is 4. The van der Waals surface area contributed by atoms with Crippen molar-refractivity contribution in [2.24, 2.45) is 0 Å². The largest absolute Gasteiger partial charge is 0.467 e. The summed E-state index contributed by atoms with van der Waals surface area (Å²) < 4.78 is 44.2. The third-order valence-corrected chi connectivity index (χ3v) is 4.63. The lowest BCUT2D eigenvalue weighted by molar-refractivity contribution is -0.130. The van der Waals surface area contributed by atoms with E-state index < -0.39 is 15.8 Å². The molecule has 1 heterocycles. The molecule has 1 aromatic carbocycles. The van der Waals surface area contributed by atoms with Crippen molar-refractivity contribution in [3.63, 3.8) is 0 Å². The fraction of sp³-hybridized carbons (Fsp3) is 0.267. The highest BCUT2D eigenvalue weighted by Gasteiger charge is 2.16. The zero-order valence-electron chi connectivity index (χ0n) is 12.5. The van der Waals surface area contributed by atoms with Gasteiger partial charge in [-0.1, -0.05) is 0 Å². The first kappa shape index (κ1) is 17.2. The fourth-order valence-corrected chi connectivity index (χ4v) is 2.94. The number of carbonyl (C=O) groups is 1. The van der Waals surface area contributed by atoms with Crippen LogP contribution in [-0.2, 0) is 21.4 Å². The number of amides is 1. The molecule has 2 aromatic rings. The Morgan fingerprint density at radius 2 is 1.96 bits per heavy atom. The van der Waals surface area contributed by atoms with E-state index in [1.807, 2.05) is 0 Å². The highest BCUT2D eigenvalue weighted by atomic mass is 32.2. The zero-order valence-corrected chi connectivity index (χ0v) is 13.3. The maximum atomic E-state index is 12.8. The molecule has 0 bridgehead atoms. The average molecular weight is 340 g/mol. The van der Waals surface area contributed by atoms with E-state index in [-0.39, 0.29) is 23.8 Å². The zero-order chi connectivity index (χ0) is 16.9. The molecule has 23 heavy (non-hydrogen) atoms. The molecule has 6 nitrogen and oxygen atoms in total. The van der Waals surface area contributed by atoms with Crippen molar-refractivity contribution in [1.29, 1.82) is 0 Å². The maximum Gasteiger partial charge on any atom is 0.240 e. The third kappa shape index (κ3) is 4.90. The van der Waals surface area contributed by atoms with Crippen molar-refractivity contribution in [3.8, 4) is 0 Å². The van der Waals surface area contributed by atoms with Gasteiger partial charge in [-0.05, 0) is 36.4 Å². The molecule has 0 atom stereocenters. The van der Waals surface area contributed by atoms with E-state index in [0.29, 0.717) is 12.3 Å². The summed E-state index contributed by atoms with van der Waals surface area (Å²) in [5.41, 5.74) is 0. The van der Waals surface area contributed by atoms with Gasteiger partial charge in [0.1, 0.15) is 11.6 Å². The molecule has 0 saturated carbocycles. The Hall–Kier alpha value is -2.19. The second kappa shape index (κ2) is 7.38. The minimum atomic E-state index is -3.75. The van der Waals surface area contributed by atoms with Crippen LogP contribution in [0.2, 0.25) is 0 Å². The third-order valence-electron chi connectivity index (χ3n) is 3.15. The molecule has 1 aromatic heterocycles. The Balaban J connectivity index is 1.83. The molecule has 1 N–H and O–H groups in total. The summed E-state index contributed by atoms with van der Waals surface area (Å²) in [5.74, 6) is -0.0883. The van der Waals surface area contributed by atoms with Crippen molar-refractivity contribution in [2.45, 2.75) is 17.9 Å². The lowest BCUT2D eigenvalue weighted by atomic mass is 10.3. The molecule has 0 fully saturated rings. The van der Waals surface area contributed by atoms with Crippen LogP contribution in [0.15, 0.2) is 52.0 Å². The summed E-state index contributed by atoms with van der Waals surface area (Å²) in [7, 11) is -2.14. The summed E-state index contributed by atoms with van der Waals surface area (Å²) >= 11 is 0. The van der Waals surface area contributed by atoms with Gasteiger partial charge >= 0.3 is 0 Å². The Morgan fingerprint density at radius 3 is 2.57 bits per heavy atom. The monoisotopic (exact) mass is 340 g/mol. The molecular weight excluding hydrogens is 323 g/mol. The quantitative estimate of drug-likeness (QED) is 0.833. The van der Waals surface area contributed by atoms with Crippen LogP contribution in [0, 0.1) is 5.82 Å². The van der Waals surface area contributed by atoms with Crippen LogP contribution in [0.5, 0.6) is 0 Å². The van der Waals surface area contributed by atoms with Gasteiger partial charge in [-0.25, -0.2) is 17.5 Å². The van der Waals surface area contributed by atoms with Crippen molar-refractivity contribution >= 4 is 15.9 Å². The number of nitrogens with zero attached hydrogens (tertiary/aromatic N) is 1. The van der Waals surface area contributed by atoms with Gasteiger partial charge in [-0.15, -0.1) is 0 Å². The van der Waals surface area contributed by atoms with E-state index >= 15 is 0 Å². The minimum absolute atomic E-state index is 0.0115. The highest BCUT2D eigenvalue weighted by Crippen LogP contribution is 2.10. The summed E-state index contributed by atoms with van der Waals surface area (Å²) in [5, 5.41) is 0. The number of halogens is 1. The van der Waals surface area contributed by atoms with Gasteiger partial charge in [0.05, 0.1) is 17.7 Å². The first-order chi connectivity index (χ1) is 10.9. The molecular formula is C15H17FN2O4S. The predicted molar refractivity (Wildman–Crippen MR) is 81.4 cm³/mol. The number of carbonyl (C=O) groups excluding carboxylic acids is 1. The number of nitrogens with one attached hydrogen (secondary N) is 1. The molecule has 0 radical (unpaired) electrons. The maximum absolute atomic E-state index is 12.8. The smallest absolute Gasteiger partial charge is 0.240 e. The Kier molecular flexibility index (Phi) is 5.51. The Labute approximate surface area is 134 Å². The SMILES string of the molecule is CN(Cc1ccco1)C(=O)CCNS(=O)(=O)c1ccc(F)cc1. The van der Waals surface area contributed by atoms with E-state index in [1.54, 1.807) is 19.2 Å². The number of rotatable bonds is 7. The number of sulfonamides is 1. The van der Waals surface area contributed by atoms with Gasteiger partial charge in [-0.2, -0.15) is 0 Å². The molecule has 0 aliphatic heterocycles. The average Bonchev–Trinajstić information content (AvgIpc) is 3.00. The van der Waals surface area contributed by atoms with E-state index in [1.165, 1.54) is 23.3 Å². The highest BCUT2D eigenvalue weighted by molar-refractivity contribution is 7.89. The van der Waals surface area contributed by atoms with Gasteiger partial charge in [0.15, 0.2) is 0 Å². The molecule has 124 valence electrons. The fourth-order valence-electron chi connectivity index (χ4n) is 1.90. The van der Waals surface area contributed by atoms with Crippen molar-refractivity contribution in [2.75, 3.05) is 13.6 Å². The summed E-state index contributed by atoms with van der Waals surface area (Å²) in [6.07, 6.45) is 1.53. The minimum Gasteiger partial charge on any atom is -0.467 e. The van der Waals surface area contributed by atoms with Crippen LogP contribution in [0.4, 0.5) is 4.39 Å². The van der Waals surface area contributed by atoms with Gasteiger partial charge in [0.25, 0.3) is 0 Å². The van der Waals surface area contributed by atoms with Crippen LogP contribution < -0.4 is 4.72 Å². The molecule has 0 saturated heterocycles. The second-order valence-corrected chi connectivity index (χ2v) is 6.70. The lowest BCUT2D eigenvalue weighted by Crippen LogP contribution is -2.31. The summed E-state index contributed by atoms with van der Waals surface area (Å²) in [4.78, 5) is 13.3. The molecule has 0 spiro atoms. The van der Waals surface area contributed by atoms with E-state index in [2.05, 4.69) is 4.72 Å². The van der Waals surface area contributed by atoms with Crippen LogP contribution in [0.3, 0.4) is 0 Å². The normalized spacial score (nSPS) is 11.4. The van der Waals surface area contributed by atoms with Gasteiger partial charge < -0.3 is 9.32 Å². The van der Waals surface area contributed by atoms with E-state index in [4.69, 9.17) is 4.42 Å². The van der Waals surface area contributed by atoms with E-state index in [9.17, 15) is 17.6 Å². The van der Waals surface area contributed by atoms with E-state index in [0.717, 1.165) is 12.1 Å². The van der Waals surface area contributed by atoms with Crippen LogP contribution in [0.1, 0.15) is 12.2 Å². The molecule has 0 aliphatic carbocycles. The molecule has 0 unspecified atom stereocenters. The standard InChI is InChI=1S/C15H17FN2O4S/c1-18(11-13-3-2-10-22-13)15(19)8-9-17-23(20,21)14-6-4-12(16)5-7-14/h2-7,10,17H,8-9,11H2,1H3. The Morgan fingerprint density at radius 1 is 1.26 bits per heavy atom. The van der Waals surface area contributed by atoms with Gasteiger partial charge in [0.2, 0.25) is 15.9 Å². The molecule has 8 heteroatoms. The van der Waals surface area contributed by atoms with Crippen molar-refractivity contribution < 1.29 is 22.0 Å². The van der Waals surface area contributed by atoms with Crippen LogP contribution in [0.25, 0.3) is 0 Å². The predicted octanol–water partition coefficient (Wildman–Crippen LogP) is 1.75.